The van der Waals surface area contributed by atoms with E-state index in [-0.39, 0.29) is 12.0 Å². The van der Waals surface area contributed by atoms with E-state index in [1.54, 1.807) is 22.7 Å². The van der Waals surface area contributed by atoms with Crippen LogP contribution in [0, 0.1) is 0 Å². The Balaban J connectivity index is 0.000000383. The van der Waals surface area contributed by atoms with Crippen LogP contribution in [0.2, 0.25) is 5.15 Å². The molecule has 0 amide bonds. The first-order chi connectivity index (χ1) is 15.5. The van der Waals surface area contributed by atoms with Gasteiger partial charge in [0.05, 0.1) is 26.5 Å². The molecule has 13 heteroatoms. The van der Waals surface area contributed by atoms with Gasteiger partial charge in [0.1, 0.15) is 5.15 Å². The standard InChI is InChI=1S/C18H17BrClN3OS2.C2HF3O2/c19-15-16-17(26-18(15)14-10(21)4-1-5-12(14)24)11(7-13(20)23-16)22-8-9-3-2-6-25-9;3-2(4,5)1(6)7/h1-3,5-7,10,12,14,24H,4,8,21H2,(H,22,23);(H,6,7)/t10-,12-,14+;/m1./s1. The molecule has 1 aliphatic rings. The molecule has 3 aromatic rings. The highest BCUT2D eigenvalue weighted by molar-refractivity contribution is 9.10. The van der Waals surface area contributed by atoms with E-state index in [0.717, 1.165) is 38.2 Å². The number of aromatic nitrogens is 1. The molecule has 3 aromatic heterocycles. The van der Waals surface area contributed by atoms with Crippen molar-refractivity contribution in [2.75, 3.05) is 5.32 Å². The number of hydrogen-bond acceptors (Lipinski definition) is 7. The van der Waals surface area contributed by atoms with E-state index in [1.807, 2.05) is 24.3 Å². The van der Waals surface area contributed by atoms with Crippen LogP contribution >= 0.6 is 50.2 Å². The summed E-state index contributed by atoms with van der Waals surface area (Å²) in [6, 6.07) is 5.85. The first-order valence-electron chi connectivity index (χ1n) is 9.44. The number of hydrogen-bond donors (Lipinski definition) is 4. The molecule has 33 heavy (non-hydrogen) atoms. The molecule has 3 heterocycles. The van der Waals surface area contributed by atoms with Gasteiger partial charge in [0, 0.05) is 34.3 Å². The summed E-state index contributed by atoms with van der Waals surface area (Å²) in [5.74, 6) is -2.91. The third-order valence-corrected chi connectivity index (χ3v) is 8.18. The van der Waals surface area contributed by atoms with Gasteiger partial charge in [0.15, 0.2) is 0 Å². The van der Waals surface area contributed by atoms with Gasteiger partial charge in [-0.15, -0.1) is 22.7 Å². The lowest BCUT2D eigenvalue weighted by molar-refractivity contribution is -0.192. The second kappa shape index (κ2) is 10.7. The number of nitrogens with two attached hydrogens (primary N) is 1. The summed E-state index contributed by atoms with van der Waals surface area (Å²) in [6.07, 6.45) is -1.17. The molecule has 5 N–H and O–H groups in total. The number of pyridine rings is 1. The van der Waals surface area contributed by atoms with E-state index in [0.29, 0.717) is 5.15 Å². The van der Waals surface area contributed by atoms with Crippen molar-refractivity contribution in [3.8, 4) is 0 Å². The number of carboxylic acid groups (broad SMARTS) is 1. The lowest BCUT2D eigenvalue weighted by Crippen LogP contribution is -2.37. The molecule has 0 aliphatic heterocycles. The van der Waals surface area contributed by atoms with Gasteiger partial charge in [0.25, 0.3) is 0 Å². The Morgan fingerprint density at radius 1 is 1.42 bits per heavy atom. The monoisotopic (exact) mass is 583 g/mol. The van der Waals surface area contributed by atoms with Crippen LogP contribution in [-0.4, -0.2) is 39.5 Å². The Kier molecular flexibility index (Phi) is 8.40. The summed E-state index contributed by atoms with van der Waals surface area (Å²) in [5.41, 5.74) is 8.05. The number of carbonyl (C=O) groups is 1. The van der Waals surface area contributed by atoms with Crippen molar-refractivity contribution in [1.82, 2.24) is 4.98 Å². The largest absolute Gasteiger partial charge is 0.490 e. The van der Waals surface area contributed by atoms with Gasteiger partial charge >= 0.3 is 12.1 Å². The number of alkyl halides is 3. The molecule has 0 bridgehead atoms. The van der Waals surface area contributed by atoms with Crippen LogP contribution in [0.3, 0.4) is 0 Å². The summed E-state index contributed by atoms with van der Waals surface area (Å²) in [4.78, 5) is 15.7. The number of carboxylic acids is 1. The molecule has 3 atom stereocenters. The molecule has 0 unspecified atom stereocenters. The molecular formula is C20H18BrClF3N3O3S2. The fourth-order valence-corrected chi connectivity index (χ4v) is 6.32. The summed E-state index contributed by atoms with van der Waals surface area (Å²) >= 11 is 13.3. The number of aliphatic hydroxyl groups excluding tert-OH is 1. The van der Waals surface area contributed by atoms with Crippen molar-refractivity contribution in [2.24, 2.45) is 5.73 Å². The average Bonchev–Trinajstić information content (AvgIpc) is 3.35. The molecule has 0 fully saturated rings. The van der Waals surface area contributed by atoms with Crippen molar-refractivity contribution in [3.05, 3.63) is 55.1 Å². The van der Waals surface area contributed by atoms with E-state index in [9.17, 15) is 18.3 Å². The van der Waals surface area contributed by atoms with Gasteiger partial charge in [-0.2, -0.15) is 13.2 Å². The van der Waals surface area contributed by atoms with Crippen LogP contribution in [0.4, 0.5) is 18.9 Å². The molecule has 0 spiro atoms. The van der Waals surface area contributed by atoms with Crippen molar-refractivity contribution < 1.29 is 28.2 Å². The minimum Gasteiger partial charge on any atom is -0.475 e. The van der Waals surface area contributed by atoms with E-state index in [2.05, 4.69) is 37.7 Å². The van der Waals surface area contributed by atoms with Gasteiger partial charge in [-0.3, -0.25) is 0 Å². The van der Waals surface area contributed by atoms with Gasteiger partial charge < -0.3 is 21.3 Å². The number of rotatable bonds is 4. The number of fused-ring (bicyclic) bond motifs is 1. The minimum atomic E-state index is -5.08. The third-order valence-electron chi connectivity index (χ3n) is 4.73. The summed E-state index contributed by atoms with van der Waals surface area (Å²) in [5, 5.41) is 23.5. The number of halogens is 5. The molecule has 178 valence electrons. The number of aliphatic carboxylic acids is 1. The highest BCUT2D eigenvalue weighted by atomic mass is 79.9. The Bertz CT molecular complexity index is 1160. The predicted octanol–water partition coefficient (Wildman–Crippen LogP) is 5.75. The van der Waals surface area contributed by atoms with E-state index >= 15 is 0 Å². The van der Waals surface area contributed by atoms with Gasteiger partial charge in [-0.25, -0.2) is 9.78 Å². The fourth-order valence-electron chi connectivity index (χ4n) is 3.21. The first kappa shape index (κ1) is 25.9. The smallest absolute Gasteiger partial charge is 0.475 e. The maximum Gasteiger partial charge on any atom is 0.490 e. The minimum absolute atomic E-state index is 0.127. The van der Waals surface area contributed by atoms with Crippen LogP contribution < -0.4 is 11.1 Å². The Morgan fingerprint density at radius 3 is 2.70 bits per heavy atom. The number of anilines is 1. The highest BCUT2D eigenvalue weighted by Crippen LogP contribution is 2.45. The molecule has 0 saturated carbocycles. The SMILES string of the molecule is N[C@@H]1CC=C[C@@H](O)[C@H]1c1sc2c(NCc3cccs3)cc(Cl)nc2c1Br.O=C(O)C(F)(F)F. The molecular weight excluding hydrogens is 567 g/mol. The normalized spacial score (nSPS) is 20.4. The van der Waals surface area contributed by atoms with E-state index in [4.69, 9.17) is 27.2 Å². The summed E-state index contributed by atoms with van der Waals surface area (Å²) in [6.45, 7) is 0.728. The molecule has 1 aliphatic carbocycles. The second-order valence-electron chi connectivity index (χ2n) is 7.03. The zero-order chi connectivity index (χ0) is 24.3. The molecule has 6 nitrogen and oxygen atoms in total. The van der Waals surface area contributed by atoms with Crippen molar-refractivity contribution in [1.29, 1.82) is 0 Å². The van der Waals surface area contributed by atoms with Crippen molar-refractivity contribution in [3.63, 3.8) is 0 Å². The van der Waals surface area contributed by atoms with Crippen LogP contribution in [-0.2, 0) is 11.3 Å². The molecule has 4 rings (SSSR count). The fraction of sp³-hybridized carbons (Fsp3) is 0.300. The molecule has 0 saturated heterocycles. The topological polar surface area (TPSA) is 108 Å². The van der Waals surface area contributed by atoms with Gasteiger partial charge in [-0.05, 0) is 33.8 Å². The summed E-state index contributed by atoms with van der Waals surface area (Å²) < 4.78 is 33.6. The van der Waals surface area contributed by atoms with Gasteiger partial charge in [0.2, 0.25) is 0 Å². The number of aliphatic hydroxyl groups is 1. The average molecular weight is 585 g/mol. The maximum atomic E-state index is 10.6. The van der Waals surface area contributed by atoms with Crippen molar-refractivity contribution >= 4 is 72.1 Å². The van der Waals surface area contributed by atoms with Crippen LogP contribution in [0.5, 0.6) is 0 Å². The number of nitrogens with one attached hydrogen (secondary N) is 1. The first-order valence-corrected chi connectivity index (χ1v) is 12.3. The highest BCUT2D eigenvalue weighted by Gasteiger charge is 2.38. The molecule has 0 radical (unpaired) electrons. The van der Waals surface area contributed by atoms with Crippen LogP contribution in [0.1, 0.15) is 22.1 Å². The second-order valence-corrected chi connectivity index (χ2v) is 10.3. The quantitative estimate of drug-likeness (QED) is 0.230. The zero-order valence-electron chi connectivity index (χ0n) is 16.6. The van der Waals surface area contributed by atoms with Crippen LogP contribution in [0.25, 0.3) is 10.2 Å². The van der Waals surface area contributed by atoms with E-state index < -0.39 is 18.2 Å². The van der Waals surface area contributed by atoms with Gasteiger partial charge in [-0.1, -0.05) is 29.8 Å². The predicted molar refractivity (Wildman–Crippen MR) is 128 cm³/mol. The maximum absolute atomic E-state index is 10.6. The van der Waals surface area contributed by atoms with Crippen LogP contribution in [0.15, 0.2) is 40.2 Å². The lowest BCUT2D eigenvalue weighted by Gasteiger charge is -2.29. The molecule has 0 aromatic carbocycles. The number of nitrogens with zero attached hydrogens (tertiary/aromatic N) is 1. The Labute approximate surface area is 208 Å². The lowest BCUT2D eigenvalue weighted by atomic mass is 9.86. The van der Waals surface area contributed by atoms with Crippen molar-refractivity contribution in [2.45, 2.75) is 37.2 Å². The Hall–Kier alpha value is -1.70. The zero-order valence-corrected chi connectivity index (χ0v) is 20.6. The Morgan fingerprint density at radius 2 is 2.12 bits per heavy atom. The third kappa shape index (κ3) is 6.25. The van der Waals surface area contributed by atoms with E-state index in [1.165, 1.54) is 4.88 Å². The number of thiophene rings is 2. The summed E-state index contributed by atoms with van der Waals surface area (Å²) in [7, 11) is 0.